The van der Waals surface area contributed by atoms with Gasteiger partial charge in [0, 0.05) is 21.0 Å². The molecule has 0 saturated carbocycles. The summed E-state index contributed by atoms with van der Waals surface area (Å²) in [7, 11) is -2.51. The first-order chi connectivity index (χ1) is 18.4. The molecule has 0 spiro atoms. The first-order valence-electron chi connectivity index (χ1n) is 12.6. The van der Waals surface area contributed by atoms with E-state index >= 15 is 0 Å². The van der Waals surface area contributed by atoms with Crippen LogP contribution in [0.2, 0.25) is 0 Å². The summed E-state index contributed by atoms with van der Waals surface area (Å²) in [6, 6.07) is 53.6. The Morgan fingerprint density at radius 1 is 0.459 bits per heavy atom. The summed E-state index contributed by atoms with van der Waals surface area (Å²) in [5.74, 6) is 0. The zero-order valence-corrected chi connectivity index (χ0v) is 22.1. The second-order valence-corrected chi connectivity index (χ2v) is 14.5. The van der Waals surface area contributed by atoms with Gasteiger partial charge in [-0.3, -0.25) is 0 Å². The lowest BCUT2D eigenvalue weighted by Gasteiger charge is -2.33. The van der Waals surface area contributed by atoms with Crippen LogP contribution in [0.15, 0.2) is 151 Å². The molecule has 7 aromatic rings. The van der Waals surface area contributed by atoms with Gasteiger partial charge in [0.15, 0.2) is 8.07 Å². The van der Waals surface area contributed by atoms with Gasteiger partial charge < -0.3 is 4.57 Å². The number of para-hydroxylation sites is 2. The van der Waals surface area contributed by atoms with Crippen molar-refractivity contribution in [1.29, 1.82) is 0 Å². The number of hydrogen-bond acceptors (Lipinski definition) is 1. The highest BCUT2D eigenvalue weighted by Gasteiger charge is 2.42. The van der Waals surface area contributed by atoms with E-state index in [-0.39, 0.29) is 0 Å². The predicted octanol–water partition coefficient (Wildman–Crippen LogP) is 6.22. The normalized spacial score (nSPS) is 11.8. The Kier molecular flexibility index (Phi) is 5.39. The molecule has 0 aliphatic carbocycles. The number of aromatic nitrogens is 1. The van der Waals surface area contributed by atoms with E-state index in [0.717, 1.165) is 0 Å². The fraction of sp³-hybridized carbons (Fsp3) is 0. The summed E-state index contributed by atoms with van der Waals surface area (Å²) in [6.07, 6.45) is 0. The number of thiophene rings is 1. The molecule has 0 aliphatic rings. The van der Waals surface area contributed by atoms with Crippen LogP contribution in [-0.4, -0.2) is 12.6 Å². The Labute approximate surface area is 221 Å². The van der Waals surface area contributed by atoms with E-state index in [1.165, 1.54) is 47.6 Å². The summed E-state index contributed by atoms with van der Waals surface area (Å²) >= 11 is 1.88. The Morgan fingerprint density at radius 2 is 1.05 bits per heavy atom. The van der Waals surface area contributed by atoms with E-state index in [0.29, 0.717) is 0 Å². The fourth-order valence-corrected chi connectivity index (χ4v) is 12.6. The van der Waals surface area contributed by atoms with Crippen molar-refractivity contribution in [3.05, 3.63) is 151 Å². The van der Waals surface area contributed by atoms with Gasteiger partial charge in [0.25, 0.3) is 0 Å². The van der Waals surface area contributed by atoms with Crippen LogP contribution < -0.4 is 20.1 Å². The van der Waals surface area contributed by atoms with Gasteiger partial charge >= 0.3 is 0 Å². The second kappa shape index (κ2) is 9.04. The van der Waals surface area contributed by atoms with Gasteiger partial charge in [0.1, 0.15) is 0 Å². The van der Waals surface area contributed by atoms with E-state index < -0.39 is 8.07 Å². The van der Waals surface area contributed by atoms with Crippen molar-refractivity contribution in [1.82, 2.24) is 4.57 Å². The highest BCUT2D eigenvalue weighted by Crippen LogP contribution is 2.31. The zero-order valence-electron chi connectivity index (χ0n) is 20.3. The molecule has 0 bridgehead atoms. The van der Waals surface area contributed by atoms with E-state index in [4.69, 9.17) is 0 Å². The number of nitrogens with zero attached hydrogens (tertiary/aromatic N) is 1. The average Bonchev–Trinajstić information content (AvgIpc) is 3.62. The quantitative estimate of drug-likeness (QED) is 0.192. The van der Waals surface area contributed by atoms with Crippen LogP contribution in [0.1, 0.15) is 0 Å². The van der Waals surface area contributed by atoms with Crippen LogP contribution in [0.3, 0.4) is 0 Å². The largest absolute Gasteiger partial charge is 0.309 e. The highest BCUT2D eigenvalue weighted by molar-refractivity contribution is 7.35. The number of benzene rings is 5. The van der Waals surface area contributed by atoms with E-state index in [2.05, 4.69) is 156 Å². The third-order valence-corrected chi connectivity index (χ3v) is 13.9. The zero-order chi connectivity index (χ0) is 24.7. The Bertz CT molecular complexity index is 1760. The molecule has 1 nitrogen and oxygen atoms in total. The molecule has 0 saturated heterocycles. The summed E-state index contributed by atoms with van der Waals surface area (Å²) < 4.78 is 3.85. The molecule has 0 N–H and O–H groups in total. The molecule has 0 unspecified atom stereocenters. The lowest BCUT2D eigenvalue weighted by atomic mass is 10.1. The Hall–Kier alpha value is -4.18. The molecule has 37 heavy (non-hydrogen) atoms. The van der Waals surface area contributed by atoms with Crippen molar-refractivity contribution in [2.75, 3.05) is 0 Å². The molecular weight excluding hydrogens is 483 g/mol. The number of rotatable bonds is 5. The minimum atomic E-state index is -2.51. The average molecular weight is 508 g/mol. The van der Waals surface area contributed by atoms with E-state index in [9.17, 15) is 0 Å². The molecule has 3 heteroatoms. The van der Waals surface area contributed by atoms with Crippen LogP contribution in [0.5, 0.6) is 0 Å². The standard InChI is InChI=1S/C34H25NSSi/c1-4-13-26(14-5-1)35-32-20-11-10-19-30(32)31-25-29(22-23-33(31)35)37(34-21-12-24-36-34,27-15-6-2-7-16-27)28-17-8-3-9-18-28/h1-25H. The monoisotopic (exact) mass is 507 g/mol. The van der Waals surface area contributed by atoms with Crippen molar-refractivity contribution in [3.63, 3.8) is 0 Å². The summed E-state index contributed by atoms with van der Waals surface area (Å²) in [5.41, 5.74) is 3.67. The predicted molar refractivity (Wildman–Crippen MR) is 162 cm³/mol. The number of hydrogen-bond donors (Lipinski definition) is 0. The highest BCUT2D eigenvalue weighted by atomic mass is 32.1. The molecular formula is C34H25NSSi. The van der Waals surface area contributed by atoms with Crippen molar-refractivity contribution in [2.45, 2.75) is 0 Å². The van der Waals surface area contributed by atoms with Gasteiger partial charge in [-0.1, -0.05) is 121 Å². The van der Waals surface area contributed by atoms with Crippen molar-refractivity contribution >= 4 is 61.3 Å². The first kappa shape index (κ1) is 22.0. The molecule has 0 aliphatic heterocycles. The molecule has 0 radical (unpaired) electrons. The van der Waals surface area contributed by atoms with Gasteiger partial charge in [-0.2, -0.15) is 11.3 Å². The maximum atomic E-state index is 2.49. The molecule has 0 atom stereocenters. The maximum absolute atomic E-state index is 2.51. The summed E-state index contributed by atoms with van der Waals surface area (Å²) in [6.45, 7) is 0. The molecule has 176 valence electrons. The maximum Gasteiger partial charge on any atom is 0.191 e. The Morgan fingerprint density at radius 3 is 1.70 bits per heavy atom. The van der Waals surface area contributed by atoms with Crippen LogP contribution in [0, 0.1) is 0 Å². The lowest BCUT2D eigenvalue weighted by molar-refractivity contribution is 1.18. The Balaban J connectivity index is 1.60. The first-order valence-corrected chi connectivity index (χ1v) is 15.5. The van der Waals surface area contributed by atoms with Gasteiger partial charge in [0.05, 0.1) is 11.0 Å². The molecule has 2 aromatic heterocycles. The molecule has 0 amide bonds. The molecule has 0 fully saturated rings. The van der Waals surface area contributed by atoms with Gasteiger partial charge in [-0.25, -0.2) is 0 Å². The van der Waals surface area contributed by atoms with Gasteiger partial charge in [-0.05, 0) is 45.2 Å². The lowest BCUT2D eigenvalue weighted by Crippen LogP contribution is -2.74. The van der Waals surface area contributed by atoms with E-state index in [1.54, 1.807) is 0 Å². The summed E-state index contributed by atoms with van der Waals surface area (Å²) in [4.78, 5) is 0. The van der Waals surface area contributed by atoms with Crippen LogP contribution >= 0.6 is 11.3 Å². The minimum absolute atomic E-state index is 1.19. The smallest absolute Gasteiger partial charge is 0.191 e. The van der Waals surface area contributed by atoms with Crippen molar-refractivity contribution in [3.8, 4) is 5.69 Å². The van der Waals surface area contributed by atoms with E-state index in [1.807, 2.05) is 11.3 Å². The third-order valence-electron chi connectivity index (χ3n) is 7.42. The number of fused-ring (bicyclic) bond motifs is 3. The van der Waals surface area contributed by atoms with Crippen molar-refractivity contribution < 1.29 is 0 Å². The van der Waals surface area contributed by atoms with Crippen molar-refractivity contribution in [2.24, 2.45) is 0 Å². The second-order valence-electron chi connectivity index (χ2n) is 9.38. The molecule has 2 heterocycles. The molecule has 7 rings (SSSR count). The third kappa shape index (κ3) is 3.43. The summed E-state index contributed by atoms with van der Waals surface area (Å²) in [5, 5.41) is 9.05. The van der Waals surface area contributed by atoms with Gasteiger partial charge in [0.2, 0.25) is 0 Å². The van der Waals surface area contributed by atoms with Crippen LogP contribution in [-0.2, 0) is 0 Å². The molecule has 5 aromatic carbocycles. The minimum Gasteiger partial charge on any atom is -0.309 e. The van der Waals surface area contributed by atoms with Crippen LogP contribution in [0.25, 0.3) is 27.5 Å². The SMILES string of the molecule is c1ccc(-n2c3ccccc3c3cc([Si](c4ccccc4)(c4ccccc4)c4cccs4)ccc32)cc1. The topological polar surface area (TPSA) is 4.93 Å². The van der Waals surface area contributed by atoms with Gasteiger partial charge in [-0.15, -0.1) is 0 Å². The van der Waals surface area contributed by atoms with Crippen LogP contribution in [0.4, 0.5) is 0 Å². The fourth-order valence-electron chi connectivity index (χ4n) is 5.86.